The number of nitrogens with zero attached hydrogens (tertiary/aromatic N) is 3. The van der Waals surface area contributed by atoms with Gasteiger partial charge in [-0.2, -0.15) is 0 Å². The summed E-state index contributed by atoms with van der Waals surface area (Å²) >= 11 is 0. The fourth-order valence-electron chi connectivity index (χ4n) is 6.15. The van der Waals surface area contributed by atoms with Crippen molar-refractivity contribution in [1.29, 1.82) is 0 Å². The second kappa shape index (κ2) is 13.7. The van der Waals surface area contributed by atoms with Gasteiger partial charge in [0, 0.05) is 61.9 Å². The van der Waals surface area contributed by atoms with Gasteiger partial charge in [-0.3, -0.25) is 9.59 Å². The van der Waals surface area contributed by atoms with Gasteiger partial charge in [0.25, 0.3) is 11.8 Å². The summed E-state index contributed by atoms with van der Waals surface area (Å²) in [5.41, 5.74) is 5.01. The number of carbonyl (C=O) groups is 3. The molecule has 0 bridgehead atoms. The number of carbonyl (C=O) groups excluding carboxylic acids is 3. The van der Waals surface area contributed by atoms with Crippen molar-refractivity contribution in [1.82, 2.24) is 14.7 Å². The molecule has 0 aliphatic carbocycles. The van der Waals surface area contributed by atoms with Gasteiger partial charge in [0.15, 0.2) is 23.0 Å². The smallest absolute Gasteiger partial charge is 0.410 e. The number of rotatable bonds is 10. The number of nitrogens with one attached hydrogen (secondary N) is 2. The zero-order valence-corrected chi connectivity index (χ0v) is 29.1. The molecule has 4 aliphatic rings. The van der Waals surface area contributed by atoms with Crippen LogP contribution in [0.15, 0.2) is 72.4 Å². The quantitative estimate of drug-likeness (QED) is 0.299. The molecule has 13 nitrogen and oxygen atoms in total. The Morgan fingerprint density at radius 2 is 1.20 bits per heavy atom. The summed E-state index contributed by atoms with van der Waals surface area (Å²) in [5.74, 6) is 1.30. The predicted octanol–water partition coefficient (Wildman–Crippen LogP) is 5.74. The van der Waals surface area contributed by atoms with Crippen molar-refractivity contribution in [2.45, 2.75) is 39.2 Å². The summed E-state index contributed by atoms with van der Waals surface area (Å²) in [6, 6.07) is 6.76. The molecule has 2 aromatic rings. The van der Waals surface area contributed by atoms with E-state index in [0.717, 1.165) is 22.5 Å². The minimum absolute atomic E-state index is 0.0984. The van der Waals surface area contributed by atoms with Gasteiger partial charge in [0.2, 0.25) is 0 Å². The first-order valence-electron chi connectivity index (χ1n) is 16.4. The van der Waals surface area contributed by atoms with Crippen molar-refractivity contribution in [2.75, 3.05) is 64.2 Å². The normalized spacial score (nSPS) is 16.4. The Morgan fingerprint density at radius 3 is 1.60 bits per heavy atom. The first-order chi connectivity index (χ1) is 23.8. The van der Waals surface area contributed by atoms with Crippen molar-refractivity contribution < 1.29 is 38.1 Å². The number of allylic oxidation sites excluding steroid dienone is 2. The third-order valence-corrected chi connectivity index (χ3v) is 8.56. The highest BCUT2D eigenvalue weighted by atomic mass is 16.6. The second-order valence-corrected chi connectivity index (χ2v) is 13.5. The minimum atomic E-state index is -0.724. The topological polar surface area (TPSA) is 131 Å². The summed E-state index contributed by atoms with van der Waals surface area (Å²) in [6.07, 6.45) is 4.34. The lowest BCUT2D eigenvalue weighted by Gasteiger charge is -2.27. The SMILES string of the molecule is C=C1CC2=CNc3cc(OCCN(CCOc4cc5c(cc4OC)C(=O)N4CC(=C)CC4=CN5)C(=O)OC(C)(C)C)c(OC)cc3C(=O)N2C1. The van der Waals surface area contributed by atoms with Crippen LogP contribution in [0, 0.1) is 0 Å². The van der Waals surface area contributed by atoms with Crippen LogP contribution in [-0.2, 0) is 4.74 Å². The molecule has 264 valence electrons. The number of amides is 3. The highest BCUT2D eigenvalue weighted by Gasteiger charge is 2.33. The molecule has 13 heteroatoms. The molecule has 50 heavy (non-hydrogen) atoms. The standard InChI is InChI=1S/C37H43N5O8/c1-22-12-24-18-38-28-16-32(30(46-6)14-26(28)34(43)41(24)20-22)48-10-8-40(36(45)50-37(3,4)5)9-11-49-33-17-29-27(15-31(33)47-7)35(44)42-21-23(2)13-25(42)19-39-29/h14-19,38-39H,1-2,8-13,20-21H2,3-7H3. The first kappa shape index (κ1) is 34.3. The summed E-state index contributed by atoms with van der Waals surface area (Å²) in [6.45, 7) is 14.9. The van der Waals surface area contributed by atoms with Crippen molar-refractivity contribution >= 4 is 29.3 Å². The van der Waals surface area contributed by atoms with E-state index < -0.39 is 11.7 Å². The first-order valence-corrected chi connectivity index (χ1v) is 16.4. The molecule has 0 unspecified atom stereocenters. The molecule has 0 aromatic heterocycles. The third-order valence-electron chi connectivity index (χ3n) is 8.56. The molecule has 2 aromatic carbocycles. The molecule has 4 aliphatic heterocycles. The number of benzene rings is 2. The van der Waals surface area contributed by atoms with Crippen LogP contribution in [0.1, 0.15) is 54.3 Å². The molecule has 2 saturated heterocycles. The van der Waals surface area contributed by atoms with Gasteiger partial charge in [-0.1, -0.05) is 24.3 Å². The van der Waals surface area contributed by atoms with E-state index in [-0.39, 0.29) is 38.1 Å². The van der Waals surface area contributed by atoms with Crippen molar-refractivity contribution in [3.63, 3.8) is 0 Å². The van der Waals surface area contributed by atoms with Gasteiger partial charge >= 0.3 is 6.09 Å². The summed E-state index contributed by atoms with van der Waals surface area (Å²) in [7, 11) is 3.02. The Morgan fingerprint density at radius 1 is 0.760 bits per heavy atom. The molecule has 0 atom stereocenters. The second-order valence-electron chi connectivity index (χ2n) is 13.5. The van der Waals surface area contributed by atoms with Crippen molar-refractivity contribution in [2.24, 2.45) is 0 Å². The van der Waals surface area contributed by atoms with E-state index in [4.69, 9.17) is 23.7 Å². The third kappa shape index (κ3) is 7.07. The molecule has 2 fully saturated rings. The lowest BCUT2D eigenvalue weighted by atomic mass is 10.1. The molecular formula is C37H43N5O8. The van der Waals surface area contributed by atoms with Gasteiger partial charge in [-0.15, -0.1) is 0 Å². The Bertz CT molecular complexity index is 1710. The maximum absolute atomic E-state index is 13.3. The summed E-state index contributed by atoms with van der Waals surface area (Å²) in [4.78, 5) is 44.9. The van der Waals surface area contributed by atoms with E-state index in [1.165, 1.54) is 19.1 Å². The highest BCUT2D eigenvalue weighted by molar-refractivity contribution is 6.03. The molecule has 0 spiro atoms. The predicted molar refractivity (Wildman–Crippen MR) is 188 cm³/mol. The van der Waals surface area contributed by atoms with Crippen molar-refractivity contribution in [3.8, 4) is 23.0 Å². The molecule has 0 saturated carbocycles. The molecule has 0 radical (unpaired) electrons. The Hall–Kier alpha value is -5.59. The van der Waals surface area contributed by atoms with E-state index in [1.54, 1.807) is 54.8 Å². The minimum Gasteiger partial charge on any atom is -0.493 e. The fourth-order valence-corrected chi connectivity index (χ4v) is 6.15. The molecule has 6 rings (SSSR count). The van der Waals surface area contributed by atoms with Crippen LogP contribution in [-0.4, -0.2) is 91.8 Å². The maximum atomic E-state index is 13.3. The van der Waals surface area contributed by atoms with Crippen LogP contribution in [0.25, 0.3) is 0 Å². The number of hydrogen-bond donors (Lipinski definition) is 2. The fraction of sp³-hybridized carbons (Fsp3) is 0.378. The van der Waals surface area contributed by atoms with Gasteiger partial charge in [0.1, 0.15) is 18.8 Å². The average Bonchev–Trinajstić information content (AvgIpc) is 3.58. The Labute approximate surface area is 291 Å². The maximum Gasteiger partial charge on any atom is 0.410 e. The highest BCUT2D eigenvalue weighted by Crippen LogP contribution is 2.40. The lowest BCUT2D eigenvalue weighted by Crippen LogP contribution is -2.41. The van der Waals surface area contributed by atoms with Crippen LogP contribution in [0.2, 0.25) is 0 Å². The van der Waals surface area contributed by atoms with Crippen molar-refractivity contribution in [3.05, 3.63) is 83.5 Å². The summed E-state index contributed by atoms with van der Waals surface area (Å²) < 4.78 is 29.1. The van der Waals surface area contributed by atoms with E-state index >= 15 is 0 Å². The van der Waals surface area contributed by atoms with Crippen LogP contribution in [0.4, 0.5) is 16.2 Å². The lowest BCUT2D eigenvalue weighted by molar-refractivity contribution is 0.0200. The van der Waals surface area contributed by atoms with Gasteiger partial charge in [0.05, 0.1) is 49.8 Å². The van der Waals surface area contributed by atoms with E-state index in [9.17, 15) is 14.4 Å². The zero-order chi connectivity index (χ0) is 35.7. The number of anilines is 2. The monoisotopic (exact) mass is 685 g/mol. The van der Waals surface area contributed by atoms with Crippen LogP contribution in [0.5, 0.6) is 23.0 Å². The summed E-state index contributed by atoms with van der Waals surface area (Å²) in [5, 5.41) is 6.45. The zero-order valence-electron chi connectivity index (χ0n) is 29.1. The number of fused-ring (bicyclic) bond motifs is 4. The average molecular weight is 686 g/mol. The molecule has 4 heterocycles. The Kier molecular flexibility index (Phi) is 9.41. The van der Waals surface area contributed by atoms with E-state index in [0.29, 0.717) is 71.4 Å². The van der Waals surface area contributed by atoms with E-state index in [1.807, 2.05) is 12.4 Å². The number of ether oxygens (including phenoxy) is 5. The van der Waals surface area contributed by atoms with Crippen LogP contribution in [0.3, 0.4) is 0 Å². The molecular weight excluding hydrogens is 642 g/mol. The molecule has 2 N–H and O–H groups in total. The largest absolute Gasteiger partial charge is 0.493 e. The molecule has 3 amide bonds. The van der Waals surface area contributed by atoms with Crippen LogP contribution >= 0.6 is 0 Å². The van der Waals surface area contributed by atoms with Crippen LogP contribution < -0.4 is 29.6 Å². The van der Waals surface area contributed by atoms with Gasteiger partial charge < -0.3 is 49.0 Å². The number of methoxy groups -OCH3 is 2. The van der Waals surface area contributed by atoms with E-state index in [2.05, 4.69) is 23.8 Å². The van der Waals surface area contributed by atoms with Gasteiger partial charge in [-0.05, 0) is 32.9 Å². The number of hydrogen-bond acceptors (Lipinski definition) is 10. The van der Waals surface area contributed by atoms with Gasteiger partial charge in [-0.25, -0.2) is 4.79 Å². The Balaban J connectivity index is 1.14.